The van der Waals surface area contributed by atoms with Gasteiger partial charge in [-0.25, -0.2) is 0 Å². The van der Waals surface area contributed by atoms with Crippen molar-refractivity contribution in [1.29, 1.82) is 0 Å². The lowest BCUT2D eigenvalue weighted by Gasteiger charge is -2.29. The average Bonchev–Trinajstić information content (AvgIpc) is 3.17. The maximum absolute atomic E-state index is 13.1. The highest BCUT2D eigenvalue weighted by Gasteiger charge is 2.41. The summed E-state index contributed by atoms with van der Waals surface area (Å²) in [4.78, 5) is 15.3. The molecule has 2 aliphatic carbocycles. The second kappa shape index (κ2) is 6.62. The van der Waals surface area contributed by atoms with E-state index in [9.17, 15) is 4.79 Å². The van der Waals surface area contributed by atoms with E-state index in [1.807, 2.05) is 12.1 Å². The first-order chi connectivity index (χ1) is 11.7. The molecule has 1 amide bonds. The van der Waals surface area contributed by atoms with Crippen LogP contribution in [0, 0.1) is 17.8 Å². The summed E-state index contributed by atoms with van der Waals surface area (Å²) >= 11 is 0. The van der Waals surface area contributed by atoms with Gasteiger partial charge in [-0.3, -0.25) is 4.79 Å². The van der Waals surface area contributed by atoms with E-state index in [0.29, 0.717) is 23.7 Å². The van der Waals surface area contributed by atoms with Crippen molar-refractivity contribution in [2.45, 2.75) is 38.0 Å². The van der Waals surface area contributed by atoms with Gasteiger partial charge in [-0.05, 0) is 55.2 Å². The molecular formula is C21H27NO2. The smallest absolute Gasteiger partial charge is 0.226 e. The van der Waals surface area contributed by atoms with Crippen molar-refractivity contribution in [2.75, 3.05) is 20.2 Å². The van der Waals surface area contributed by atoms with Gasteiger partial charge in [0.25, 0.3) is 0 Å². The third-order valence-corrected chi connectivity index (χ3v) is 6.17. The van der Waals surface area contributed by atoms with Crippen LogP contribution in [0.25, 0.3) is 0 Å². The van der Waals surface area contributed by atoms with Crippen LogP contribution in [0.4, 0.5) is 0 Å². The molecule has 1 saturated carbocycles. The molecule has 0 N–H and O–H groups in total. The number of ether oxygens (including phenoxy) is 1. The maximum Gasteiger partial charge on any atom is 0.226 e. The number of nitrogens with zero attached hydrogens (tertiary/aromatic N) is 1. The zero-order valence-electron chi connectivity index (χ0n) is 14.5. The predicted octanol–water partition coefficient (Wildman–Crippen LogP) is 4.00. The van der Waals surface area contributed by atoms with Gasteiger partial charge in [-0.1, -0.05) is 30.7 Å². The molecule has 1 aromatic carbocycles. The first kappa shape index (κ1) is 15.7. The molecule has 0 spiro atoms. The number of carbonyl (C=O) groups is 1. The van der Waals surface area contributed by atoms with E-state index in [2.05, 4.69) is 29.2 Å². The highest BCUT2D eigenvalue weighted by Crippen LogP contribution is 2.44. The van der Waals surface area contributed by atoms with Gasteiger partial charge in [0.2, 0.25) is 5.91 Å². The lowest BCUT2D eigenvalue weighted by atomic mass is 9.91. The third-order valence-electron chi connectivity index (χ3n) is 6.17. The number of fused-ring (bicyclic) bond motifs is 2. The molecule has 1 aliphatic heterocycles. The summed E-state index contributed by atoms with van der Waals surface area (Å²) in [6.07, 6.45) is 10.4. The molecule has 3 aliphatic rings. The highest BCUT2D eigenvalue weighted by molar-refractivity contribution is 5.80. The molecule has 2 bridgehead atoms. The molecule has 0 aromatic heterocycles. The lowest BCUT2D eigenvalue weighted by molar-refractivity contribution is -0.136. The summed E-state index contributed by atoms with van der Waals surface area (Å²) in [5, 5.41) is 0. The Labute approximate surface area is 144 Å². The van der Waals surface area contributed by atoms with Crippen molar-refractivity contribution in [2.24, 2.45) is 17.8 Å². The van der Waals surface area contributed by atoms with Crippen LogP contribution in [0.5, 0.6) is 5.75 Å². The van der Waals surface area contributed by atoms with Gasteiger partial charge >= 0.3 is 0 Å². The minimum atomic E-state index is 0.245. The van der Waals surface area contributed by atoms with E-state index in [1.54, 1.807) is 7.11 Å². The Hall–Kier alpha value is -1.77. The summed E-state index contributed by atoms with van der Waals surface area (Å²) in [6.45, 7) is 1.81. The second-order valence-electron chi connectivity index (χ2n) is 7.64. The molecule has 2 fully saturated rings. The van der Waals surface area contributed by atoms with Crippen LogP contribution >= 0.6 is 0 Å². The third kappa shape index (κ3) is 2.97. The molecular weight excluding hydrogens is 298 g/mol. The Balaban J connectivity index is 1.47. The predicted molar refractivity (Wildman–Crippen MR) is 95.0 cm³/mol. The SMILES string of the molecule is COc1ccc([C@@H]2CCCCN(C(=O)[C@@H]3C[C@H]4C=C[C@H]3C4)C2)cc1. The molecule has 128 valence electrons. The summed E-state index contributed by atoms with van der Waals surface area (Å²) in [7, 11) is 1.70. The van der Waals surface area contributed by atoms with Gasteiger partial charge in [0.15, 0.2) is 0 Å². The number of hydrogen-bond donors (Lipinski definition) is 0. The normalized spacial score (nSPS) is 32.0. The number of likely N-dealkylation sites (tertiary alicyclic amines) is 1. The Morgan fingerprint density at radius 1 is 1.12 bits per heavy atom. The minimum absolute atomic E-state index is 0.245. The first-order valence-electron chi connectivity index (χ1n) is 9.35. The number of carbonyl (C=O) groups excluding carboxylic acids is 1. The van der Waals surface area contributed by atoms with Gasteiger partial charge in [0.05, 0.1) is 7.11 Å². The van der Waals surface area contributed by atoms with E-state index in [-0.39, 0.29) is 5.92 Å². The molecule has 24 heavy (non-hydrogen) atoms. The van der Waals surface area contributed by atoms with Crippen molar-refractivity contribution < 1.29 is 9.53 Å². The van der Waals surface area contributed by atoms with Crippen molar-refractivity contribution in [3.05, 3.63) is 42.0 Å². The van der Waals surface area contributed by atoms with E-state index >= 15 is 0 Å². The van der Waals surface area contributed by atoms with Gasteiger partial charge < -0.3 is 9.64 Å². The quantitative estimate of drug-likeness (QED) is 0.786. The van der Waals surface area contributed by atoms with E-state index in [0.717, 1.165) is 31.7 Å². The van der Waals surface area contributed by atoms with Crippen LogP contribution < -0.4 is 4.74 Å². The molecule has 1 saturated heterocycles. The Bertz CT molecular complexity index is 621. The summed E-state index contributed by atoms with van der Waals surface area (Å²) in [6, 6.07) is 8.40. The molecule has 1 heterocycles. The second-order valence-corrected chi connectivity index (χ2v) is 7.64. The maximum atomic E-state index is 13.1. The highest BCUT2D eigenvalue weighted by atomic mass is 16.5. The van der Waals surface area contributed by atoms with E-state index in [4.69, 9.17) is 4.74 Å². The molecule has 0 unspecified atom stereocenters. The van der Waals surface area contributed by atoms with Crippen molar-refractivity contribution in [3.63, 3.8) is 0 Å². The van der Waals surface area contributed by atoms with Crippen LogP contribution in [0.2, 0.25) is 0 Å². The molecule has 3 nitrogen and oxygen atoms in total. The van der Waals surface area contributed by atoms with Crippen LogP contribution in [0.15, 0.2) is 36.4 Å². The molecule has 3 heteroatoms. The molecule has 0 radical (unpaired) electrons. The molecule has 4 rings (SSSR count). The number of rotatable bonds is 3. The van der Waals surface area contributed by atoms with Gasteiger partial charge in [-0.15, -0.1) is 0 Å². The van der Waals surface area contributed by atoms with Crippen molar-refractivity contribution >= 4 is 5.91 Å². The van der Waals surface area contributed by atoms with Crippen LogP contribution in [-0.4, -0.2) is 31.0 Å². The van der Waals surface area contributed by atoms with Crippen LogP contribution in [-0.2, 0) is 4.79 Å². The van der Waals surface area contributed by atoms with Crippen LogP contribution in [0.3, 0.4) is 0 Å². The Kier molecular flexibility index (Phi) is 4.34. The number of hydrogen-bond acceptors (Lipinski definition) is 2. The Morgan fingerprint density at radius 3 is 2.62 bits per heavy atom. The van der Waals surface area contributed by atoms with E-state index < -0.39 is 0 Å². The monoisotopic (exact) mass is 325 g/mol. The zero-order valence-corrected chi connectivity index (χ0v) is 14.5. The fourth-order valence-electron chi connectivity index (χ4n) is 4.79. The number of methoxy groups -OCH3 is 1. The standard InChI is InChI=1S/C21H27NO2/c1-24-19-9-7-16(8-10-19)18-4-2-3-11-22(14-18)21(23)20-13-15-5-6-17(20)12-15/h5-10,15,17-18,20H,2-4,11-14H2,1H3/t15-,17-,18+,20+/m0/s1. The number of allylic oxidation sites excluding steroid dienone is 2. The minimum Gasteiger partial charge on any atom is -0.497 e. The average molecular weight is 325 g/mol. The topological polar surface area (TPSA) is 29.5 Å². The molecule has 1 aromatic rings. The number of amides is 1. The lowest BCUT2D eigenvalue weighted by Crippen LogP contribution is -2.39. The van der Waals surface area contributed by atoms with Crippen molar-refractivity contribution in [1.82, 2.24) is 4.90 Å². The van der Waals surface area contributed by atoms with Crippen molar-refractivity contribution in [3.8, 4) is 5.75 Å². The van der Waals surface area contributed by atoms with Gasteiger partial charge in [-0.2, -0.15) is 0 Å². The largest absolute Gasteiger partial charge is 0.497 e. The number of benzene rings is 1. The fraction of sp³-hybridized carbons (Fsp3) is 0.571. The zero-order chi connectivity index (χ0) is 16.5. The van der Waals surface area contributed by atoms with Crippen LogP contribution in [0.1, 0.15) is 43.6 Å². The summed E-state index contributed by atoms with van der Waals surface area (Å²) in [5.74, 6) is 3.17. The van der Waals surface area contributed by atoms with Gasteiger partial charge in [0, 0.05) is 24.9 Å². The molecule has 4 atom stereocenters. The first-order valence-corrected chi connectivity index (χ1v) is 9.35. The van der Waals surface area contributed by atoms with Gasteiger partial charge in [0.1, 0.15) is 5.75 Å². The summed E-state index contributed by atoms with van der Waals surface area (Å²) < 4.78 is 5.27. The fourth-order valence-corrected chi connectivity index (χ4v) is 4.79. The Morgan fingerprint density at radius 2 is 1.96 bits per heavy atom. The summed E-state index contributed by atoms with van der Waals surface area (Å²) in [5.41, 5.74) is 1.34. The van der Waals surface area contributed by atoms with E-state index in [1.165, 1.54) is 24.8 Å².